The van der Waals surface area contributed by atoms with Gasteiger partial charge >= 0.3 is 0 Å². The molecule has 0 amide bonds. The van der Waals surface area contributed by atoms with Gasteiger partial charge in [-0.1, -0.05) is 22.9 Å². The van der Waals surface area contributed by atoms with Gasteiger partial charge in [0.1, 0.15) is 11.3 Å². The molecular weight excluding hydrogens is 272 g/mol. The molecule has 100 valence electrons. The molecule has 2 rings (SSSR count). The van der Waals surface area contributed by atoms with Gasteiger partial charge in [-0.05, 0) is 19.9 Å². The maximum Gasteiger partial charge on any atom is 0.296 e. The van der Waals surface area contributed by atoms with Crippen LogP contribution in [0.5, 0.6) is 0 Å². The zero-order valence-electron chi connectivity index (χ0n) is 10.2. The molecular formula is C11H11ClN4O3. The molecule has 1 N–H and O–H groups in total. The molecule has 1 aromatic carbocycles. The molecule has 19 heavy (non-hydrogen) atoms. The smallest absolute Gasteiger partial charge is 0.296 e. The lowest BCUT2D eigenvalue weighted by molar-refractivity contribution is -0.384. The number of aromatic nitrogens is 3. The number of rotatable bonds is 3. The van der Waals surface area contributed by atoms with Crippen molar-refractivity contribution in [3.05, 3.63) is 45.2 Å². The highest BCUT2D eigenvalue weighted by molar-refractivity contribution is 6.32. The van der Waals surface area contributed by atoms with Gasteiger partial charge in [-0.3, -0.25) is 10.1 Å². The predicted molar refractivity (Wildman–Crippen MR) is 68.3 cm³/mol. The van der Waals surface area contributed by atoms with Gasteiger partial charge in [-0.2, -0.15) is 0 Å². The van der Waals surface area contributed by atoms with Crippen LogP contribution >= 0.6 is 11.6 Å². The van der Waals surface area contributed by atoms with Crippen molar-refractivity contribution in [3.8, 4) is 5.69 Å². The zero-order valence-corrected chi connectivity index (χ0v) is 11.0. The summed E-state index contributed by atoms with van der Waals surface area (Å²) >= 11 is 5.98. The predicted octanol–water partition coefficient (Wildman–Crippen LogP) is 2.06. The van der Waals surface area contributed by atoms with Crippen molar-refractivity contribution in [2.75, 3.05) is 0 Å². The van der Waals surface area contributed by atoms with Gasteiger partial charge in [0.05, 0.1) is 16.1 Å². The monoisotopic (exact) mass is 282 g/mol. The Bertz CT molecular complexity index is 633. The van der Waals surface area contributed by atoms with Crippen LogP contribution in [0.3, 0.4) is 0 Å². The second-order valence-corrected chi connectivity index (χ2v) is 4.88. The maximum atomic E-state index is 11.0. The molecule has 0 saturated carbocycles. The van der Waals surface area contributed by atoms with Crippen LogP contribution in [0.4, 0.5) is 5.69 Å². The fraction of sp³-hybridized carbons (Fsp3) is 0.273. The van der Waals surface area contributed by atoms with E-state index in [1.807, 2.05) is 0 Å². The Hall–Kier alpha value is -1.99. The van der Waals surface area contributed by atoms with E-state index in [4.69, 9.17) is 11.6 Å². The molecule has 7 nitrogen and oxygen atoms in total. The van der Waals surface area contributed by atoms with Gasteiger partial charge in [0, 0.05) is 6.07 Å². The van der Waals surface area contributed by atoms with Gasteiger partial charge in [0.15, 0.2) is 5.69 Å². The summed E-state index contributed by atoms with van der Waals surface area (Å²) in [5.41, 5.74) is -0.951. The number of para-hydroxylation sites is 1. The lowest BCUT2D eigenvalue weighted by Crippen LogP contribution is -2.15. The Morgan fingerprint density at radius 3 is 2.68 bits per heavy atom. The molecule has 0 bridgehead atoms. The van der Waals surface area contributed by atoms with Crippen molar-refractivity contribution in [2.24, 2.45) is 0 Å². The second-order valence-electron chi connectivity index (χ2n) is 4.47. The number of hydrogen-bond acceptors (Lipinski definition) is 5. The first-order valence-electron chi connectivity index (χ1n) is 5.39. The summed E-state index contributed by atoms with van der Waals surface area (Å²) in [6, 6.07) is 4.33. The van der Waals surface area contributed by atoms with Crippen LogP contribution in [0.25, 0.3) is 5.69 Å². The van der Waals surface area contributed by atoms with E-state index >= 15 is 0 Å². The van der Waals surface area contributed by atoms with Crippen LogP contribution in [0.2, 0.25) is 5.02 Å². The lowest BCUT2D eigenvalue weighted by atomic mass is 10.1. The third-order valence-electron chi connectivity index (χ3n) is 2.51. The molecule has 2 aromatic rings. The molecule has 0 radical (unpaired) electrons. The van der Waals surface area contributed by atoms with Gasteiger partial charge in [-0.15, -0.1) is 5.10 Å². The molecule has 0 spiro atoms. The van der Waals surface area contributed by atoms with Crippen molar-refractivity contribution < 1.29 is 10.0 Å². The van der Waals surface area contributed by atoms with E-state index in [0.717, 1.165) is 0 Å². The molecule has 0 fully saturated rings. The van der Waals surface area contributed by atoms with E-state index in [-0.39, 0.29) is 16.4 Å². The summed E-state index contributed by atoms with van der Waals surface area (Å²) < 4.78 is 1.19. The van der Waals surface area contributed by atoms with Gasteiger partial charge in [0.2, 0.25) is 0 Å². The van der Waals surface area contributed by atoms with Crippen LogP contribution in [0.1, 0.15) is 19.5 Å². The zero-order chi connectivity index (χ0) is 14.2. The Balaban J connectivity index is 2.59. The van der Waals surface area contributed by atoms with Gasteiger partial charge in [-0.25, -0.2) is 4.68 Å². The van der Waals surface area contributed by atoms with E-state index in [9.17, 15) is 15.2 Å². The summed E-state index contributed by atoms with van der Waals surface area (Å²) in [6.07, 6.45) is 1.41. The van der Waals surface area contributed by atoms with Crippen LogP contribution in [-0.2, 0) is 5.60 Å². The van der Waals surface area contributed by atoms with Gasteiger partial charge in [0.25, 0.3) is 5.69 Å². The highest BCUT2D eigenvalue weighted by Gasteiger charge is 2.24. The van der Waals surface area contributed by atoms with E-state index in [0.29, 0.717) is 5.69 Å². The molecule has 0 aliphatic carbocycles. The Kier molecular flexibility index (Phi) is 3.25. The van der Waals surface area contributed by atoms with Crippen molar-refractivity contribution in [3.63, 3.8) is 0 Å². The molecule has 1 heterocycles. The minimum Gasteiger partial charge on any atom is -0.384 e. The molecule has 0 aliphatic heterocycles. The average Bonchev–Trinajstić information content (AvgIpc) is 2.77. The topological polar surface area (TPSA) is 94.1 Å². The van der Waals surface area contributed by atoms with E-state index in [1.165, 1.54) is 29.1 Å². The molecule has 0 saturated heterocycles. The third kappa shape index (κ3) is 2.56. The number of benzene rings is 1. The minimum atomic E-state index is -1.19. The van der Waals surface area contributed by atoms with Crippen LogP contribution < -0.4 is 0 Å². The number of halogens is 1. The standard InChI is InChI=1S/C11H11ClN4O3/c1-11(2,17)9-6-15(14-13-9)10-7(12)4-3-5-8(10)16(18)19/h3-6,17H,1-2H3. The molecule has 8 heteroatoms. The lowest BCUT2D eigenvalue weighted by Gasteiger charge is -2.11. The fourth-order valence-corrected chi connectivity index (χ4v) is 1.79. The highest BCUT2D eigenvalue weighted by atomic mass is 35.5. The summed E-state index contributed by atoms with van der Waals surface area (Å²) in [5.74, 6) is 0. The van der Waals surface area contributed by atoms with Crippen LogP contribution in [0.15, 0.2) is 24.4 Å². The van der Waals surface area contributed by atoms with E-state index < -0.39 is 10.5 Å². The van der Waals surface area contributed by atoms with Crippen molar-refractivity contribution in [1.82, 2.24) is 15.0 Å². The normalized spacial score (nSPS) is 11.6. The summed E-state index contributed by atoms with van der Waals surface area (Å²) in [4.78, 5) is 10.4. The van der Waals surface area contributed by atoms with E-state index in [1.54, 1.807) is 13.8 Å². The number of hydrogen-bond donors (Lipinski definition) is 1. The fourth-order valence-electron chi connectivity index (χ4n) is 1.53. The minimum absolute atomic E-state index is 0.122. The Labute approximate surface area is 113 Å². The first-order valence-corrected chi connectivity index (χ1v) is 5.77. The first-order chi connectivity index (χ1) is 8.80. The second kappa shape index (κ2) is 4.60. The Morgan fingerprint density at radius 1 is 1.47 bits per heavy atom. The van der Waals surface area contributed by atoms with Crippen molar-refractivity contribution in [2.45, 2.75) is 19.4 Å². The number of nitrogens with zero attached hydrogens (tertiary/aromatic N) is 4. The average molecular weight is 283 g/mol. The van der Waals surface area contributed by atoms with Crippen molar-refractivity contribution >= 4 is 17.3 Å². The van der Waals surface area contributed by atoms with Gasteiger partial charge < -0.3 is 5.11 Å². The van der Waals surface area contributed by atoms with E-state index in [2.05, 4.69) is 10.3 Å². The molecule has 0 unspecified atom stereocenters. The molecule has 0 atom stereocenters. The summed E-state index contributed by atoms with van der Waals surface area (Å²) in [6.45, 7) is 3.09. The molecule has 0 aliphatic rings. The number of nitro groups is 1. The highest BCUT2D eigenvalue weighted by Crippen LogP contribution is 2.30. The molecule has 1 aromatic heterocycles. The first kappa shape index (κ1) is 13.4. The van der Waals surface area contributed by atoms with Crippen LogP contribution in [0, 0.1) is 10.1 Å². The number of aliphatic hydroxyl groups is 1. The largest absolute Gasteiger partial charge is 0.384 e. The third-order valence-corrected chi connectivity index (χ3v) is 2.82. The summed E-state index contributed by atoms with van der Waals surface area (Å²) in [5, 5.41) is 28.5. The number of nitro benzene ring substituents is 1. The Morgan fingerprint density at radius 2 is 2.16 bits per heavy atom. The van der Waals surface area contributed by atoms with Crippen molar-refractivity contribution in [1.29, 1.82) is 0 Å². The van der Waals surface area contributed by atoms with Crippen LogP contribution in [-0.4, -0.2) is 25.0 Å². The summed E-state index contributed by atoms with van der Waals surface area (Å²) in [7, 11) is 0. The SMILES string of the molecule is CC(C)(O)c1cn(-c2c(Cl)cccc2[N+](=O)[O-])nn1. The quantitative estimate of drug-likeness (QED) is 0.687. The maximum absolute atomic E-state index is 11.0.